The number of pyridine rings is 1. The molecule has 0 radical (unpaired) electrons. The second kappa shape index (κ2) is 8.18. The van der Waals surface area contributed by atoms with Crippen molar-refractivity contribution in [2.45, 2.75) is 38.9 Å². The molecule has 0 amide bonds. The lowest BCUT2D eigenvalue weighted by atomic mass is 9.99. The highest BCUT2D eigenvalue weighted by Crippen LogP contribution is 2.36. The Kier molecular flexibility index (Phi) is 5.94. The fourth-order valence-electron chi connectivity index (χ4n) is 2.66. The Balaban J connectivity index is 1.80. The van der Waals surface area contributed by atoms with E-state index in [0.29, 0.717) is 23.1 Å². The second-order valence-corrected chi connectivity index (χ2v) is 6.88. The van der Waals surface area contributed by atoms with Crippen LogP contribution < -0.4 is 9.47 Å². The van der Waals surface area contributed by atoms with Crippen LogP contribution in [0, 0.1) is 12.8 Å². The molecule has 3 rings (SSSR count). The predicted octanol–water partition coefficient (Wildman–Crippen LogP) is 4.71. The van der Waals surface area contributed by atoms with Crippen LogP contribution in [0.3, 0.4) is 0 Å². The zero-order valence-electron chi connectivity index (χ0n) is 14.3. The van der Waals surface area contributed by atoms with Crippen molar-refractivity contribution in [3.63, 3.8) is 0 Å². The summed E-state index contributed by atoms with van der Waals surface area (Å²) in [5.74, 6) is 0.641. The molecule has 1 N–H and O–H groups in total. The van der Waals surface area contributed by atoms with Gasteiger partial charge in [-0.3, -0.25) is 4.98 Å². The van der Waals surface area contributed by atoms with Gasteiger partial charge < -0.3 is 14.6 Å². The molecule has 1 saturated carbocycles. The van der Waals surface area contributed by atoms with E-state index in [9.17, 15) is 13.9 Å². The van der Waals surface area contributed by atoms with E-state index in [1.807, 2.05) is 6.92 Å². The third-order valence-corrected chi connectivity index (χ3v) is 4.68. The van der Waals surface area contributed by atoms with Crippen molar-refractivity contribution >= 4 is 11.6 Å². The summed E-state index contributed by atoms with van der Waals surface area (Å²) < 4.78 is 35.4. The van der Waals surface area contributed by atoms with Gasteiger partial charge in [-0.1, -0.05) is 17.7 Å². The molecule has 1 fully saturated rings. The Morgan fingerprint density at radius 1 is 1.27 bits per heavy atom. The minimum atomic E-state index is -2.94. The van der Waals surface area contributed by atoms with E-state index in [4.69, 9.17) is 16.3 Å². The Bertz CT molecular complexity index is 748. The number of ether oxygens (including phenoxy) is 2. The minimum absolute atomic E-state index is 0.0327. The number of aromatic nitrogens is 1. The molecule has 0 bridgehead atoms. The molecule has 140 valence electrons. The molecule has 7 heteroatoms. The molecule has 26 heavy (non-hydrogen) atoms. The molecule has 1 aromatic carbocycles. The Morgan fingerprint density at radius 2 is 2.04 bits per heavy atom. The lowest BCUT2D eigenvalue weighted by Crippen LogP contribution is -2.08. The van der Waals surface area contributed by atoms with Crippen LogP contribution in [0.4, 0.5) is 8.78 Å². The Labute approximate surface area is 155 Å². The summed E-state index contributed by atoms with van der Waals surface area (Å²) in [5, 5.41) is 11.1. The number of aryl methyl sites for hydroxylation is 1. The Morgan fingerprint density at radius 3 is 2.69 bits per heavy atom. The number of aliphatic hydroxyl groups is 1. The highest BCUT2D eigenvalue weighted by atomic mass is 35.5. The molecule has 0 aliphatic heterocycles. The molecule has 1 heterocycles. The van der Waals surface area contributed by atoms with Crippen LogP contribution in [-0.2, 0) is 6.42 Å². The first-order chi connectivity index (χ1) is 12.4. The number of aliphatic hydroxyl groups excluding tert-OH is 1. The van der Waals surface area contributed by atoms with E-state index in [1.165, 1.54) is 12.3 Å². The molecule has 1 atom stereocenters. The summed E-state index contributed by atoms with van der Waals surface area (Å²) >= 11 is 6.16. The van der Waals surface area contributed by atoms with Gasteiger partial charge in [-0.25, -0.2) is 0 Å². The van der Waals surface area contributed by atoms with Crippen molar-refractivity contribution in [2.24, 2.45) is 5.92 Å². The average molecular weight is 384 g/mol. The largest absolute Gasteiger partial charge is 0.489 e. The normalized spacial score (nSPS) is 15.2. The summed E-state index contributed by atoms with van der Waals surface area (Å²) in [6.07, 6.45) is 4.78. The standard InChI is InChI=1S/C19H20ClF2NO3/c1-11-8-23-9-15(20)14(11)7-16(24)13-4-5-17(26-19(21)22)18(6-13)25-10-12-2-3-12/h4-6,8-9,12,16,19,24H,2-3,7,10H2,1H3. The van der Waals surface area contributed by atoms with E-state index in [-0.39, 0.29) is 17.9 Å². The lowest BCUT2D eigenvalue weighted by Gasteiger charge is -2.17. The topological polar surface area (TPSA) is 51.6 Å². The van der Waals surface area contributed by atoms with Gasteiger partial charge in [-0.15, -0.1) is 0 Å². The maximum Gasteiger partial charge on any atom is 0.387 e. The molecule has 2 aromatic rings. The number of alkyl halides is 2. The Hall–Kier alpha value is -1.92. The summed E-state index contributed by atoms with van der Waals surface area (Å²) in [7, 11) is 0. The van der Waals surface area contributed by atoms with Crippen LogP contribution >= 0.6 is 11.6 Å². The van der Waals surface area contributed by atoms with Crippen molar-refractivity contribution in [1.29, 1.82) is 0 Å². The zero-order chi connectivity index (χ0) is 18.7. The smallest absolute Gasteiger partial charge is 0.387 e. The number of benzene rings is 1. The van der Waals surface area contributed by atoms with E-state index < -0.39 is 12.7 Å². The fraction of sp³-hybridized carbons (Fsp3) is 0.421. The van der Waals surface area contributed by atoms with E-state index in [1.54, 1.807) is 18.3 Å². The number of hydrogen-bond donors (Lipinski definition) is 1. The molecule has 1 aromatic heterocycles. The van der Waals surface area contributed by atoms with Crippen LogP contribution in [0.15, 0.2) is 30.6 Å². The van der Waals surface area contributed by atoms with Gasteiger partial charge in [0.1, 0.15) is 0 Å². The second-order valence-electron chi connectivity index (χ2n) is 6.48. The molecular formula is C19H20ClF2NO3. The lowest BCUT2D eigenvalue weighted by molar-refractivity contribution is -0.0515. The third-order valence-electron chi connectivity index (χ3n) is 4.36. The van der Waals surface area contributed by atoms with Crippen molar-refractivity contribution in [2.75, 3.05) is 6.61 Å². The van der Waals surface area contributed by atoms with Gasteiger partial charge in [-0.2, -0.15) is 8.78 Å². The van der Waals surface area contributed by atoms with Crippen LogP contribution in [-0.4, -0.2) is 23.3 Å². The summed E-state index contributed by atoms with van der Waals surface area (Å²) in [4.78, 5) is 4.00. The average Bonchev–Trinajstić information content (AvgIpc) is 3.41. The molecule has 1 aliphatic carbocycles. The van der Waals surface area contributed by atoms with Gasteiger partial charge in [0.15, 0.2) is 11.5 Å². The van der Waals surface area contributed by atoms with Crippen LogP contribution in [0.1, 0.15) is 35.6 Å². The first-order valence-electron chi connectivity index (χ1n) is 8.42. The van der Waals surface area contributed by atoms with Gasteiger partial charge in [0, 0.05) is 18.8 Å². The van der Waals surface area contributed by atoms with Crippen LogP contribution in [0.5, 0.6) is 11.5 Å². The first kappa shape index (κ1) is 18.9. The third kappa shape index (κ3) is 4.83. The SMILES string of the molecule is Cc1cncc(Cl)c1CC(O)c1ccc(OC(F)F)c(OCC2CC2)c1. The van der Waals surface area contributed by atoms with Crippen molar-refractivity contribution in [1.82, 2.24) is 4.98 Å². The van der Waals surface area contributed by atoms with E-state index in [0.717, 1.165) is 24.0 Å². The summed E-state index contributed by atoms with van der Waals surface area (Å²) in [6, 6.07) is 4.50. The van der Waals surface area contributed by atoms with Crippen molar-refractivity contribution in [3.05, 3.63) is 52.3 Å². The van der Waals surface area contributed by atoms with Gasteiger partial charge in [0.25, 0.3) is 0 Å². The van der Waals surface area contributed by atoms with Gasteiger partial charge in [-0.05, 0) is 54.5 Å². The molecule has 1 unspecified atom stereocenters. The number of nitrogens with zero attached hydrogens (tertiary/aromatic N) is 1. The van der Waals surface area contributed by atoms with Gasteiger partial charge in [0.05, 0.1) is 17.7 Å². The predicted molar refractivity (Wildman–Crippen MR) is 93.9 cm³/mol. The fourth-order valence-corrected chi connectivity index (χ4v) is 2.94. The molecule has 1 aliphatic rings. The quantitative estimate of drug-likeness (QED) is 0.717. The van der Waals surface area contributed by atoms with Crippen LogP contribution in [0.2, 0.25) is 5.02 Å². The monoisotopic (exact) mass is 383 g/mol. The summed E-state index contributed by atoms with van der Waals surface area (Å²) in [5.41, 5.74) is 2.21. The zero-order valence-corrected chi connectivity index (χ0v) is 15.0. The first-order valence-corrected chi connectivity index (χ1v) is 8.80. The number of hydrogen-bond acceptors (Lipinski definition) is 4. The van der Waals surface area contributed by atoms with Crippen LogP contribution in [0.25, 0.3) is 0 Å². The molecule has 0 spiro atoms. The van der Waals surface area contributed by atoms with E-state index in [2.05, 4.69) is 9.72 Å². The van der Waals surface area contributed by atoms with Gasteiger partial charge >= 0.3 is 6.61 Å². The van der Waals surface area contributed by atoms with Gasteiger partial charge in [0.2, 0.25) is 0 Å². The summed E-state index contributed by atoms with van der Waals surface area (Å²) in [6.45, 7) is -0.619. The van der Waals surface area contributed by atoms with Crippen molar-refractivity contribution < 1.29 is 23.4 Å². The molecule has 0 saturated heterocycles. The number of rotatable bonds is 8. The highest BCUT2D eigenvalue weighted by Gasteiger charge is 2.24. The minimum Gasteiger partial charge on any atom is -0.489 e. The number of halogens is 3. The van der Waals surface area contributed by atoms with E-state index >= 15 is 0 Å². The van der Waals surface area contributed by atoms with Crippen molar-refractivity contribution in [3.8, 4) is 11.5 Å². The maximum atomic E-state index is 12.6. The highest BCUT2D eigenvalue weighted by molar-refractivity contribution is 6.31. The maximum absolute atomic E-state index is 12.6. The molecular weight excluding hydrogens is 364 g/mol. The molecule has 4 nitrogen and oxygen atoms in total.